The maximum atomic E-state index is 13.3. The first-order chi connectivity index (χ1) is 9.25. The SMILES string of the molecule is CCN(CC(C)(C)O)C(=O)Nc1cc(F)cc(OC)c1. The van der Waals surface area contributed by atoms with Crippen molar-refractivity contribution in [2.45, 2.75) is 26.4 Å². The molecular formula is C14H21FN2O3. The normalized spacial score (nSPS) is 11.1. The predicted molar refractivity (Wildman–Crippen MR) is 75.5 cm³/mol. The monoisotopic (exact) mass is 284 g/mol. The number of benzene rings is 1. The molecule has 0 spiro atoms. The van der Waals surface area contributed by atoms with E-state index in [1.54, 1.807) is 20.8 Å². The summed E-state index contributed by atoms with van der Waals surface area (Å²) >= 11 is 0. The average molecular weight is 284 g/mol. The molecule has 0 aliphatic rings. The Hall–Kier alpha value is -1.82. The summed E-state index contributed by atoms with van der Waals surface area (Å²) in [5, 5.41) is 12.3. The van der Waals surface area contributed by atoms with E-state index in [0.29, 0.717) is 18.0 Å². The van der Waals surface area contributed by atoms with Crippen LogP contribution in [0.15, 0.2) is 18.2 Å². The molecule has 1 aromatic carbocycles. The van der Waals surface area contributed by atoms with Crippen LogP contribution in [0.4, 0.5) is 14.9 Å². The van der Waals surface area contributed by atoms with E-state index in [9.17, 15) is 14.3 Å². The van der Waals surface area contributed by atoms with Gasteiger partial charge in [0, 0.05) is 24.4 Å². The molecule has 0 aliphatic heterocycles. The number of hydrogen-bond donors (Lipinski definition) is 2. The van der Waals surface area contributed by atoms with Gasteiger partial charge in [-0.15, -0.1) is 0 Å². The highest BCUT2D eigenvalue weighted by Crippen LogP contribution is 2.20. The third-order valence-electron chi connectivity index (χ3n) is 2.61. The van der Waals surface area contributed by atoms with Crippen molar-refractivity contribution in [1.29, 1.82) is 0 Å². The van der Waals surface area contributed by atoms with Crippen LogP contribution < -0.4 is 10.1 Å². The number of aliphatic hydroxyl groups is 1. The van der Waals surface area contributed by atoms with Gasteiger partial charge in [-0.3, -0.25) is 0 Å². The maximum absolute atomic E-state index is 13.3. The van der Waals surface area contributed by atoms with E-state index >= 15 is 0 Å². The molecule has 0 radical (unpaired) electrons. The fraction of sp³-hybridized carbons (Fsp3) is 0.500. The number of ether oxygens (including phenoxy) is 1. The molecule has 0 unspecified atom stereocenters. The Labute approximate surface area is 118 Å². The van der Waals surface area contributed by atoms with Crippen molar-refractivity contribution in [1.82, 2.24) is 4.90 Å². The number of nitrogens with zero attached hydrogens (tertiary/aromatic N) is 1. The van der Waals surface area contributed by atoms with Crippen molar-refractivity contribution in [3.05, 3.63) is 24.0 Å². The summed E-state index contributed by atoms with van der Waals surface area (Å²) in [4.78, 5) is 13.5. The molecule has 0 bridgehead atoms. The van der Waals surface area contributed by atoms with Crippen LogP contribution >= 0.6 is 0 Å². The summed E-state index contributed by atoms with van der Waals surface area (Å²) in [6.45, 7) is 5.66. The van der Waals surface area contributed by atoms with Gasteiger partial charge < -0.3 is 20.1 Å². The third-order valence-corrected chi connectivity index (χ3v) is 2.61. The molecule has 1 rings (SSSR count). The summed E-state index contributed by atoms with van der Waals surface area (Å²) in [6.07, 6.45) is 0. The second-order valence-electron chi connectivity index (χ2n) is 5.14. The Kier molecular flexibility index (Phi) is 5.33. The lowest BCUT2D eigenvalue weighted by Gasteiger charge is -2.28. The Morgan fingerprint density at radius 3 is 2.60 bits per heavy atom. The molecule has 0 aliphatic carbocycles. The second kappa shape index (κ2) is 6.56. The fourth-order valence-electron chi connectivity index (χ4n) is 1.75. The van der Waals surface area contributed by atoms with Crippen molar-refractivity contribution in [3.63, 3.8) is 0 Å². The van der Waals surface area contributed by atoms with E-state index in [2.05, 4.69) is 5.32 Å². The third kappa shape index (κ3) is 5.05. The van der Waals surface area contributed by atoms with Gasteiger partial charge in [-0.1, -0.05) is 0 Å². The quantitative estimate of drug-likeness (QED) is 0.873. The average Bonchev–Trinajstić information content (AvgIpc) is 2.33. The van der Waals surface area contributed by atoms with Crippen molar-refractivity contribution in [2.24, 2.45) is 0 Å². The van der Waals surface area contributed by atoms with Gasteiger partial charge in [0.1, 0.15) is 11.6 Å². The summed E-state index contributed by atoms with van der Waals surface area (Å²) in [7, 11) is 1.42. The van der Waals surface area contributed by atoms with Crippen molar-refractivity contribution in [2.75, 3.05) is 25.5 Å². The number of amides is 2. The van der Waals surface area contributed by atoms with E-state index in [1.165, 1.54) is 30.2 Å². The van der Waals surface area contributed by atoms with Gasteiger partial charge in [0.05, 0.1) is 19.3 Å². The fourth-order valence-corrected chi connectivity index (χ4v) is 1.75. The molecule has 2 amide bonds. The summed E-state index contributed by atoms with van der Waals surface area (Å²) in [5.41, 5.74) is -0.687. The number of nitrogens with one attached hydrogen (secondary N) is 1. The zero-order valence-corrected chi connectivity index (χ0v) is 12.2. The standard InChI is InChI=1S/C14H21FN2O3/c1-5-17(9-14(2,3)19)13(18)16-11-6-10(15)7-12(8-11)20-4/h6-8,19H,5,9H2,1-4H3,(H,16,18). The Morgan fingerprint density at radius 1 is 1.45 bits per heavy atom. The molecule has 0 fully saturated rings. The zero-order chi connectivity index (χ0) is 15.3. The Morgan fingerprint density at radius 2 is 2.10 bits per heavy atom. The van der Waals surface area contributed by atoms with Gasteiger partial charge in [0.15, 0.2) is 0 Å². The number of methoxy groups -OCH3 is 1. The first kappa shape index (κ1) is 16.2. The van der Waals surface area contributed by atoms with Crippen molar-refractivity contribution >= 4 is 11.7 Å². The van der Waals surface area contributed by atoms with Gasteiger partial charge in [-0.2, -0.15) is 0 Å². The number of urea groups is 1. The van der Waals surface area contributed by atoms with Gasteiger partial charge in [0.2, 0.25) is 0 Å². The molecule has 1 aromatic rings. The van der Waals surface area contributed by atoms with Crippen molar-refractivity contribution < 1.29 is 19.0 Å². The second-order valence-corrected chi connectivity index (χ2v) is 5.14. The van der Waals surface area contributed by atoms with Crippen molar-refractivity contribution in [3.8, 4) is 5.75 Å². The Bertz CT molecular complexity index is 472. The number of halogens is 1. The van der Waals surface area contributed by atoms with E-state index in [1.807, 2.05) is 0 Å². The lowest BCUT2D eigenvalue weighted by molar-refractivity contribution is 0.0501. The largest absolute Gasteiger partial charge is 0.497 e. The lowest BCUT2D eigenvalue weighted by Crippen LogP contribution is -2.44. The maximum Gasteiger partial charge on any atom is 0.321 e. The molecule has 0 atom stereocenters. The van der Waals surface area contributed by atoms with Crippen LogP contribution in [0.3, 0.4) is 0 Å². The Balaban J connectivity index is 2.80. The summed E-state index contributed by atoms with van der Waals surface area (Å²) < 4.78 is 18.3. The molecule has 0 saturated carbocycles. The number of likely N-dealkylation sites (N-methyl/N-ethyl adjacent to an activating group) is 1. The molecule has 112 valence electrons. The minimum atomic E-state index is -0.993. The van der Waals surface area contributed by atoms with Crippen LogP contribution in [0, 0.1) is 5.82 Å². The first-order valence-electron chi connectivity index (χ1n) is 6.38. The van der Waals surface area contributed by atoms with Crippen LogP contribution in [-0.4, -0.2) is 41.8 Å². The summed E-state index contributed by atoms with van der Waals surface area (Å²) in [6, 6.07) is 3.56. The van der Waals surface area contributed by atoms with E-state index in [4.69, 9.17) is 4.74 Å². The molecule has 20 heavy (non-hydrogen) atoms. The van der Waals surface area contributed by atoms with Gasteiger partial charge in [0.25, 0.3) is 0 Å². The smallest absolute Gasteiger partial charge is 0.321 e. The van der Waals surface area contributed by atoms with Crippen LogP contribution in [0.2, 0.25) is 0 Å². The van der Waals surface area contributed by atoms with Crippen LogP contribution in [0.5, 0.6) is 5.75 Å². The molecular weight excluding hydrogens is 263 g/mol. The molecule has 5 nitrogen and oxygen atoms in total. The molecule has 6 heteroatoms. The first-order valence-corrected chi connectivity index (χ1v) is 6.38. The number of anilines is 1. The molecule has 2 N–H and O–H groups in total. The van der Waals surface area contributed by atoms with Crippen LogP contribution in [-0.2, 0) is 0 Å². The summed E-state index contributed by atoms with van der Waals surface area (Å²) in [5.74, 6) is -0.170. The van der Waals surface area contributed by atoms with Gasteiger partial charge in [-0.25, -0.2) is 9.18 Å². The molecule has 0 heterocycles. The minimum Gasteiger partial charge on any atom is -0.497 e. The highest BCUT2D eigenvalue weighted by molar-refractivity contribution is 5.89. The van der Waals surface area contributed by atoms with Crippen LogP contribution in [0.25, 0.3) is 0 Å². The lowest BCUT2D eigenvalue weighted by atomic mass is 10.1. The number of carbonyl (C=O) groups excluding carboxylic acids is 1. The minimum absolute atomic E-state index is 0.182. The number of carbonyl (C=O) groups is 1. The highest BCUT2D eigenvalue weighted by Gasteiger charge is 2.21. The van der Waals surface area contributed by atoms with Gasteiger partial charge in [-0.05, 0) is 26.8 Å². The predicted octanol–water partition coefficient (Wildman–Crippen LogP) is 2.46. The van der Waals surface area contributed by atoms with Crippen LogP contribution in [0.1, 0.15) is 20.8 Å². The van der Waals surface area contributed by atoms with Gasteiger partial charge >= 0.3 is 6.03 Å². The molecule has 0 aromatic heterocycles. The highest BCUT2D eigenvalue weighted by atomic mass is 19.1. The van der Waals surface area contributed by atoms with E-state index in [-0.39, 0.29) is 6.54 Å². The van der Waals surface area contributed by atoms with E-state index < -0.39 is 17.4 Å². The number of hydrogen-bond acceptors (Lipinski definition) is 3. The topological polar surface area (TPSA) is 61.8 Å². The van der Waals surface area contributed by atoms with E-state index in [0.717, 1.165) is 0 Å². The zero-order valence-electron chi connectivity index (χ0n) is 12.2. The number of rotatable bonds is 5. The molecule has 0 saturated heterocycles.